The molecule has 1 aromatic rings. The maximum Gasteiger partial charge on any atom is 0.155 e. The van der Waals surface area contributed by atoms with Gasteiger partial charge in [-0.25, -0.2) is 14.4 Å². The molecule has 1 aromatic heterocycles. The van der Waals surface area contributed by atoms with Crippen molar-refractivity contribution in [1.29, 1.82) is 0 Å². The lowest BCUT2D eigenvalue weighted by Gasteiger charge is -2.09. The van der Waals surface area contributed by atoms with Crippen molar-refractivity contribution in [3.8, 4) is 0 Å². The second-order valence-electron chi connectivity index (χ2n) is 5.31. The zero-order chi connectivity index (χ0) is 12.7. The molecule has 0 amide bonds. The van der Waals surface area contributed by atoms with Crippen molar-refractivity contribution in [1.82, 2.24) is 15.3 Å². The van der Waals surface area contributed by atoms with E-state index in [1.54, 1.807) is 0 Å². The summed E-state index contributed by atoms with van der Waals surface area (Å²) in [5.74, 6) is 2.13. The molecule has 2 heterocycles. The van der Waals surface area contributed by atoms with Crippen LogP contribution in [0.5, 0.6) is 0 Å². The number of halogens is 1. The number of hydrogen-bond acceptors (Lipinski definition) is 3. The number of rotatable bonds is 2. The molecule has 0 saturated carbocycles. The van der Waals surface area contributed by atoms with Crippen molar-refractivity contribution in [2.24, 2.45) is 11.8 Å². The highest BCUT2D eigenvalue weighted by molar-refractivity contribution is 5.63. The Morgan fingerprint density at radius 2 is 2.00 bits per heavy atom. The SMILES string of the molecule is Cc1nc(C2=CC3CNCC3C2)nc(C)c1CF. The topological polar surface area (TPSA) is 37.8 Å². The lowest BCUT2D eigenvalue weighted by molar-refractivity contribution is 0.478. The molecule has 4 heteroatoms. The smallest absolute Gasteiger partial charge is 0.155 e. The molecule has 2 aliphatic rings. The average molecular weight is 247 g/mol. The Kier molecular flexibility index (Phi) is 2.90. The predicted octanol–water partition coefficient (Wildman–Crippen LogP) is 2.19. The molecule has 1 fully saturated rings. The largest absolute Gasteiger partial charge is 0.316 e. The van der Waals surface area contributed by atoms with Crippen LogP contribution in [-0.2, 0) is 6.67 Å². The first-order chi connectivity index (χ1) is 8.69. The Labute approximate surface area is 107 Å². The van der Waals surface area contributed by atoms with Gasteiger partial charge in [-0.1, -0.05) is 6.08 Å². The van der Waals surface area contributed by atoms with Crippen LogP contribution in [0.25, 0.3) is 5.57 Å². The third kappa shape index (κ3) is 1.85. The quantitative estimate of drug-likeness (QED) is 0.870. The van der Waals surface area contributed by atoms with Crippen molar-refractivity contribution >= 4 is 5.57 Å². The number of alkyl halides is 1. The zero-order valence-corrected chi connectivity index (χ0v) is 10.8. The summed E-state index contributed by atoms with van der Waals surface area (Å²) in [4.78, 5) is 8.95. The lowest BCUT2D eigenvalue weighted by Crippen LogP contribution is -2.10. The second kappa shape index (κ2) is 4.43. The average Bonchev–Trinajstić information content (AvgIpc) is 2.88. The molecule has 2 atom stereocenters. The fourth-order valence-corrected chi connectivity index (χ4v) is 3.02. The summed E-state index contributed by atoms with van der Waals surface area (Å²) >= 11 is 0. The maximum absolute atomic E-state index is 12.8. The fraction of sp³-hybridized carbons (Fsp3) is 0.571. The summed E-state index contributed by atoms with van der Waals surface area (Å²) < 4.78 is 12.8. The third-order valence-corrected chi connectivity index (χ3v) is 4.13. The van der Waals surface area contributed by atoms with E-state index >= 15 is 0 Å². The van der Waals surface area contributed by atoms with Crippen LogP contribution < -0.4 is 5.32 Å². The van der Waals surface area contributed by atoms with Gasteiger partial charge in [0.25, 0.3) is 0 Å². The molecule has 1 aliphatic heterocycles. The summed E-state index contributed by atoms with van der Waals surface area (Å²) in [5, 5.41) is 3.40. The van der Waals surface area contributed by atoms with Crippen LogP contribution in [0.15, 0.2) is 6.08 Å². The van der Waals surface area contributed by atoms with Crippen LogP contribution in [0.4, 0.5) is 4.39 Å². The van der Waals surface area contributed by atoms with Crippen molar-refractivity contribution in [2.75, 3.05) is 13.1 Å². The number of nitrogens with zero attached hydrogens (tertiary/aromatic N) is 2. The van der Waals surface area contributed by atoms with Crippen molar-refractivity contribution in [2.45, 2.75) is 26.9 Å². The molecule has 96 valence electrons. The van der Waals surface area contributed by atoms with Crippen LogP contribution in [0, 0.1) is 25.7 Å². The highest BCUT2D eigenvalue weighted by atomic mass is 19.1. The molecular weight excluding hydrogens is 229 g/mol. The van der Waals surface area contributed by atoms with E-state index in [-0.39, 0.29) is 0 Å². The molecule has 2 unspecified atom stereocenters. The Hall–Kier alpha value is -1.29. The van der Waals surface area contributed by atoms with E-state index in [4.69, 9.17) is 0 Å². The monoisotopic (exact) mass is 247 g/mol. The minimum Gasteiger partial charge on any atom is -0.316 e. The molecule has 0 bridgehead atoms. The number of allylic oxidation sites excluding steroid dienone is 1. The van der Waals surface area contributed by atoms with Gasteiger partial charge < -0.3 is 5.32 Å². The van der Waals surface area contributed by atoms with Gasteiger partial charge in [-0.05, 0) is 44.2 Å². The van der Waals surface area contributed by atoms with E-state index < -0.39 is 6.67 Å². The molecule has 0 spiro atoms. The Morgan fingerprint density at radius 1 is 1.28 bits per heavy atom. The number of fused-ring (bicyclic) bond motifs is 1. The molecule has 0 aromatic carbocycles. The maximum atomic E-state index is 12.8. The van der Waals surface area contributed by atoms with Gasteiger partial charge in [-0.2, -0.15) is 0 Å². The van der Waals surface area contributed by atoms with Gasteiger partial charge >= 0.3 is 0 Å². The Morgan fingerprint density at radius 3 is 2.61 bits per heavy atom. The normalized spacial score (nSPS) is 26.3. The minimum absolute atomic E-state index is 0.480. The van der Waals surface area contributed by atoms with Crippen LogP contribution in [0.3, 0.4) is 0 Å². The van der Waals surface area contributed by atoms with E-state index in [0.29, 0.717) is 17.4 Å². The Balaban J connectivity index is 1.94. The summed E-state index contributed by atoms with van der Waals surface area (Å²) in [6, 6.07) is 0. The van der Waals surface area contributed by atoms with Gasteiger partial charge in [0.1, 0.15) is 6.67 Å². The number of aromatic nitrogens is 2. The fourth-order valence-electron chi connectivity index (χ4n) is 3.02. The van der Waals surface area contributed by atoms with Gasteiger partial charge in [0.05, 0.1) is 0 Å². The summed E-state index contributed by atoms with van der Waals surface area (Å²) in [6.07, 6.45) is 3.35. The minimum atomic E-state index is -0.480. The van der Waals surface area contributed by atoms with E-state index in [2.05, 4.69) is 21.4 Å². The van der Waals surface area contributed by atoms with Gasteiger partial charge in [0.15, 0.2) is 5.82 Å². The molecule has 1 N–H and O–H groups in total. The van der Waals surface area contributed by atoms with Gasteiger partial charge in [-0.15, -0.1) is 0 Å². The first kappa shape index (κ1) is 11.8. The third-order valence-electron chi connectivity index (χ3n) is 4.13. The predicted molar refractivity (Wildman–Crippen MR) is 68.8 cm³/mol. The van der Waals surface area contributed by atoms with Crippen LogP contribution >= 0.6 is 0 Å². The summed E-state index contributed by atoms with van der Waals surface area (Å²) in [7, 11) is 0. The standard InChI is InChI=1S/C14H18FN3/c1-8-13(5-15)9(2)18-14(17-8)10-3-11-6-16-7-12(11)4-10/h3,11-12,16H,4-7H2,1-2H3. The van der Waals surface area contributed by atoms with Crippen molar-refractivity contribution < 1.29 is 4.39 Å². The van der Waals surface area contributed by atoms with Crippen LogP contribution in [0.2, 0.25) is 0 Å². The van der Waals surface area contributed by atoms with E-state index in [1.807, 2.05) is 13.8 Å². The van der Waals surface area contributed by atoms with Crippen molar-refractivity contribution in [3.05, 3.63) is 28.9 Å². The van der Waals surface area contributed by atoms with E-state index in [1.165, 1.54) is 5.57 Å². The Bertz CT molecular complexity index is 487. The second-order valence-corrected chi connectivity index (χ2v) is 5.31. The molecule has 0 radical (unpaired) electrons. The first-order valence-electron chi connectivity index (χ1n) is 6.51. The molecule has 1 aliphatic carbocycles. The van der Waals surface area contributed by atoms with Gasteiger partial charge in [-0.3, -0.25) is 0 Å². The van der Waals surface area contributed by atoms with E-state index in [9.17, 15) is 4.39 Å². The summed E-state index contributed by atoms with van der Waals surface area (Å²) in [6.45, 7) is 5.40. The number of aryl methyl sites for hydroxylation is 2. The highest BCUT2D eigenvalue weighted by Crippen LogP contribution is 2.37. The van der Waals surface area contributed by atoms with E-state index in [0.717, 1.165) is 36.7 Å². The van der Waals surface area contributed by atoms with Crippen molar-refractivity contribution in [3.63, 3.8) is 0 Å². The summed E-state index contributed by atoms with van der Waals surface area (Å²) in [5.41, 5.74) is 3.43. The molecule has 3 rings (SSSR count). The molecular formula is C14H18FN3. The number of nitrogens with one attached hydrogen (secondary N) is 1. The zero-order valence-electron chi connectivity index (χ0n) is 10.8. The number of hydrogen-bond donors (Lipinski definition) is 1. The molecule has 1 saturated heterocycles. The van der Waals surface area contributed by atoms with Gasteiger partial charge in [0, 0.05) is 23.5 Å². The van der Waals surface area contributed by atoms with Crippen LogP contribution in [-0.4, -0.2) is 23.1 Å². The first-order valence-corrected chi connectivity index (χ1v) is 6.51. The lowest BCUT2D eigenvalue weighted by atomic mass is 10.00. The van der Waals surface area contributed by atoms with Crippen LogP contribution in [0.1, 0.15) is 29.2 Å². The van der Waals surface area contributed by atoms with Gasteiger partial charge in [0.2, 0.25) is 0 Å². The molecule has 18 heavy (non-hydrogen) atoms. The highest BCUT2D eigenvalue weighted by Gasteiger charge is 2.32. The molecule has 3 nitrogen and oxygen atoms in total.